The van der Waals surface area contributed by atoms with Gasteiger partial charge in [0, 0.05) is 43.9 Å². The van der Waals surface area contributed by atoms with Crippen molar-refractivity contribution < 1.29 is 28.2 Å². The van der Waals surface area contributed by atoms with Gasteiger partial charge in [-0.3, -0.25) is 9.59 Å². The van der Waals surface area contributed by atoms with Crippen molar-refractivity contribution >= 4 is 17.8 Å². The van der Waals surface area contributed by atoms with Crippen LogP contribution in [0.2, 0.25) is 0 Å². The minimum absolute atomic E-state index is 0.00855. The molecule has 0 spiro atoms. The smallest absolute Gasteiger partial charge is 0.336 e. The maximum atomic E-state index is 13.9. The Balaban J connectivity index is 1.87. The van der Waals surface area contributed by atoms with Crippen LogP contribution in [-0.4, -0.2) is 49.6 Å². The van der Waals surface area contributed by atoms with E-state index in [1.165, 1.54) is 17.0 Å². The quantitative estimate of drug-likeness (QED) is 0.410. The predicted molar refractivity (Wildman–Crippen MR) is 129 cm³/mol. The van der Waals surface area contributed by atoms with E-state index < -0.39 is 17.7 Å². The van der Waals surface area contributed by atoms with Crippen LogP contribution in [0, 0.1) is 5.82 Å². The molecule has 2 aromatic rings. The van der Waals surface area contributed by atoms with Crippen LogP contribution in [0.1, 0.15) is 54.1 Å². The summed E-state index contributed by atoms with van der Waals surface area (Å²) in [6, 6.07) is 13.0. The van der Waals surface area contributed by atoms with Crippen LogP contribution >= 0.6 is 0 Å². The van der Waals surface area contributed by atoms with Gasteiger partial charge < -0.3 is 19.7 Å². The molecule has 0 saturated carbocycles. The molecular weight excluding hydrogens is 451 g/mol. The second-order valence-corrected chi connectivity index (χ2v) is 8.31. The molecule has 0 bridgehead atoms. The highest BCUT2D eigenvalue weighted by Crippen LogP contribution is 2.38. The van der Waals surface area contributed by atoms with Gasteiger partial charge in [-0.05, 0) is 55.7 Å². The summed E-state index contributed by atoms with van der Waals surface area (Å²) in [6.07, 6.45) is 0.714. The van der Waals surface area contributed by atoms with E-state index in [9.17, 15) is 18.8 Å². The van der Waals surface area contributed by atoms with E-state index in [0.717, 1.165) is 5.56 Å². The first-order valence-electron chi connectivity index (χ1n) is 11.7. The lowest BCUT2D eigenvalue weighted by Crippen LogP contribution is -2.38. The van der Waals surface area contributed by atoms with Crippen LogP contribution in [0.4, 0.5) is 4.39 Å². The molecule has 1 aliphatic rings. The molecule has 0 fully saturated rings. The zero-order valence-corrected chi connectivity index (χ0v) is 20.3. The SMILES string of the molecule is CCOC(=O)C1=C(C)N(Cc2cccc(C(=O)NCCCOC)c2)C(=O)CC1c1cccc(F)c1. The van der Waals surface area contributed by atoms with E-state index in [1.54, 1.807) is 51.3 Å². The molecule has 1 atom stereocenters. The normalized spacial score (nSPS) is 15.8. The van der Waals surface area contributed by atoms with E-state index in [-0.39, 0.29) is 31.4 Å². The molecule has 8 heteroatoms. The monoisotopic (exact) mass is 482 g/mol. The van der Waals surface area contributed by atoms with Gasteiger partial charge in [-0.2, -0.15) is 0 Å². The van der Waals surface area contributed by atoms with Crippen LogP contribution < -0.4 is 5.32 Å². The number of esters is 1. The average molecular weight is 483 g/mol. The number of hydrogen-bond donors (Lipinski definition) is 1. The second-order valence-electron chi connectivity index (χ2n) is 8.31. The van der Waals surface area contributed by atoms with Crippen molar-refractivity contribution in [2.45, 2.75) is 39.2 Å². The first kappa shape index (κ1) is 26.1. The van der Waals surface area contributed by atoms with Crippen LogP contribution in [0.3, 0.4) is 0 Å². The summed E-state index contributed by atoms with van der Waals surface area (Å²) in [6.45, 7) is 4.83. The number of benzene rings is 2. The van der Waals surface area contributed by atoms with Crippen molar-refractivity contribution in [3.05, 3.63) is 82.3 Å². The highest BCUT2D eigenvalue weighted by atomic mass is 19.1. The maximum absolute atomic E-state index is 13.9. The lowest BCUT2D eigenvalue weighted by Gasteiger charge is -2.34. The zero-order chi connectivity index (χ0) is 25.4. The third-order valence-electron chi connectivity index (χ3n) is 5.91. The topological polar surface area (TPSA) is 84.9 Å². The van der Waals surface area contributed by atoms with Crippen LogP contribution in [0.15, 0.2) is 59.8 Å². The van der Waals surface area contributed by atoms with Crippen molar-refractivity contribution in [2.24, 2.45) is 0 Å². The van der Waals surface area contributed by atoms with Crippen molar-refractivity contribution in [1.29, 1.82) is 0 Å². The van der Waals surface area contributed by atoms with Crippen LogP contribution in [-0.2, 0) is 25.6 Å². The van der Waals surface area contributed by atoms with Crippen LogP contribution in [0.25, 0.3) is 0 Å². The molecule has 1 N–H and O–H groups in total. The Bertz CT molecular complexity index is 1110. The fourth-order valence-corrected chi connectivity index (χ4v) is 4.20. The van der Waals surface area contributed by atoms with Crippen LogP contribution in [0.5, 0.6) is 0 Å². The molecular formula is C27H31FN2O5. The highest BCUT2D eigenvalue weighted by Gasteiger charge is 2.37. The summed E-state index contributed by atoms with van der Waals surface area (Å²) in [5, 5.41) is 2.85. The zero-order valence-electron chi connectivity index (χ0n) is 20.3. The van der Waals surface area contributed by atoms with E-state index in [2.05, 4.69) is 5.32 Å². The standard InChI is InChI=1S/C27H31FN2O5/c1-4-35-27(33)25-18(2)30(24(31)16-23(25)20-9-6-11-22(28)15-20)17-19-8-5-10-21(14-19)26(32)29-12-7-13-34-3/h5-6,8-11,14-15,23H,4,7,12-13,16-17H2,1-3H3,(H,29,32). The number of nitrogens with zero attached hydrogens (tertiary/aromatic N) is 1. The third kappa shape index (κ3) is 6.54. The van der Waals surface area contributed by atoms with Gasteiger partial charge in [-0.1, -0.05) is 24.3 Å². The molecule has 0 aliphatic carbocycles. The Morgan fingerprint density at radius 3 is 2.66 bits per heavy atom. The molecule has 35 heavy (non-hydrogen) atoms. The van der Waals surface area contributed by atoms with Gasteiger partial charge in [0.2, 0.25) is 5.91 Å². The molecule has 0 aromatic heterocycles. The molecule has 2 aromatic carbocycles. The first-order chi connectivity index (χ1) is 16.8. The van der Waals surface area contributed by atoms with Gasteiger partial charge in [0.05, 0.1) is 18.7 Å². The van der Waals surface area contributed by atoms with E-state index >= 15 is 0 Å². The van der Waals surface area contributed by atoms with Crippen molar-refractivity contribution in [3.8, 4) is 0 Å². The number of ether oxygens (including phenoxy) is 2. The Labute approximate surface area is 204 Å². The molecule has 186 valence electrons. The second kappa shape index (κ2) is 12.3. The molecule has 1 aliphatic heterocycles. The van der Waals surface area contributed by atoms with E-state index in [4.69, 9.17) is 9.47 Å². The lowest BCUT2D eigenvalue weighted by molar-refractivity contribution is -0.140. The van der Waals surface area contributed by atoms with Gasteiger partial charge in [0.15, 0.2) is 0 Å². The van der Waals surface area contributed by atoms with E-state index in [0.29, 0.717) is 42.0 Å². The molecule has 2 amide bonds. The number of halogens is 1. The highest BCUT2D eigenvalue weighted by molar-refractivity contribution is 5.96. The van der Waals surface area contributed by atoms with Gasteiger partial charge >= 0.3 is 5.97 Å². The van der Waals surface area contributed by atoms with Gasteiger partial charge in [-0.25, -0.2) is 9.18 Å². The summed E-state index contributed by atoms with van der Waals surface area (Å²) in [5.41, 5.74) is 2.57. The molecule has 1 unspecified atom stereocenters. The minimum atomic E-state index is -0.599. The van der Waals surface area contributed by atoms with Crippen molar-refractivity contribution in [3.63, 3.8) is 0 Å². The summed E-state index contributed by atoms with van der Waals surface area (Å²) < 4.78 is 24.2. The maximum Gasteiger partial charge on any atom is 0.336 e. The summed E-state index contributed by atoms with van der Waals surface area (Å²) in [4.78, 5) is 40.1. The van der Waals surface area contributed by atoms with Crippen molar-refractivity contribution in [1.82, 2.24) is 10.2 Å². The average Bonchev–Trinajstić information content (AvgIpc) is 2.84. The Kier molecular flexibility index (Phi) is 9.14. The Morgan fingerprint density at radius 1 is 1.17 bits per heavy atom. The fourth-order valence-electron chi connectivity index (χ4n) is 4.20. The molecule has 0 radical (unpaired) electrons. The number of carbonyl (C=O) groups excluding carboxylic acids is 3. The van der Waals surface area contributed by atoms with Gasteiger partial charge in [0.25, 0.3) is 5.91 Å². The fraction of sp³-hybridized carbons (Fsp3) is 0.370. The Hall–Kier alpha value is -3.52. The number of allylic oxidation sites excluding steroid dienone is 1. The predicted octanol–water partition coefficient (Wildman–Crippen LogP) is 3.95. The first-order valence-corrected chi connectivity index (χ1v) is 11.7. The lowest BCUT2D eigenvalue weighted by atomic mass is 9.83. The molecule has 3 rings (SSSR count). The molecule has 7 nitrogen and oxygen atoms in total. The number of carbonyl (C=O) groups is 3. The summed E-state index contributed by atoms with van der Waals surface area (Å²) in [7, 11) is 1.61. The summed E-state index contributed by atoms with van der Waals surface area (Å²) >= 11 is 0. The van der Waals surface area contributed by atoms with Crippen molar-refractivity contribution in [2.75, 3.05) is 26.9 Å². The van der Waals surface area contributed by atoms with E-state index in [1.807, 2.05) is 6.07 Å². The summed E-state index contributed by atoms with van der Waals surface area (Å²) in [5.74, 6) is -1.97. The molecule has 0 saturated heterocycles. The number of nitrogens with one attached hydrogen (secondary N) is 1. The third-order valence-corrected chi connectivity index (χ3v) is 5.91. The number of rotatable bonds is 10. The Morgan fingerprint density at radius 2 is 1.94 bits per heavy atom. The van der Waals surface area contributed by atoms with Gasteiger partial charge in [-0.15, -0.1) is 0 Å². The van der Waals surface area contributed by atoms with Gasteiger partial charge in [0.1, 0.15) is 5.82 Å². The number of amides is 2. The largest absolute Gasteiger partial charge is 0.463 e. The number of hydrogen-bond acceptors (Lipinski definition) is 5. The molecule has 1 heterocycles. The number of methoxy groups -OCH3 is 1. The minimum Gasteiger partial charge on any atom is -0.463 e.